The van der Waals surface area contributed by atoms with Gasteiger partial charge < -0.3 is 58.7 Å². The van der Waals surface area contributed by atoms with Crippen LogP contribution >= 0.6 is 7.82 Å². The van der Waals surface area contributed by atoms with Crippen molar-refractivity contribution < 1.29 is 48.0 Å². The Morgan fingerprint density at radius 3 is 1.98 bits per heavy atom. The molecule has 0 aromatic rings. The van der Waals surface area contributed by atoms with Crippen molar-refractivity contribution in [1.82, 2.24) is 26.6 Å². The molecule has 0 saturated heterocycles. The monoisotopic (exact) mass is 597 g/mol. The van der Waals surface area contributed by atoms with Gasteiger partial charge in [0.1, 0.15) is 18.1 Å². The Morgan fingerprint density at radius 1 is 0.900 bits per heavy atom. The van der Waals surface area contributed by atoms with Gasteiger partial charge in [0, 0.05) is 13.6 Å². The molecule has 0 unspecified atom stereocenters. The van der Waals surface area contributed by atoms with Crippen molar-refractivity contribution >= 4 is 43.4 Å². The Balaban J connectivity index is 5.02. The number of nitrogens with two attached hydrogens (primary N) is 3. The lowest BCUT2D eigenvalue weighted by molar-refractivity contribution is -0.142. The Morgan fingerprint density at radius 2 is 1.45 bits per heavy atom. The number of phosphoric ester groups is 1. The lowest BCUT2D eigenvalue weighted by Crippen LogP contribution is -2.53. The van der Waals surface area contributed by atoms with Crippen LogP contribution in [0.5, 0.6) is 0 Å². The van der Waals surface area contributed by atoms with Gasteiger partial charge in [0.15, 0.2) is 5.96 Å². The number of nitrogens with zero attached hydrogens (tertiary/aromatic N) is 1. The van der Waals surface area contributed by atoms with Crippen molar-refractivity contribution in [2.24, 2.45) is 22.2 Å². The van der Waals surface area contributed by atoms with Gasteiger partial charge in [-0.05, 0) is 38.6 Å². The molecule has 40 heavy (non-hydrogen) atoms. The van der Waals surface area contributed by atoms with Crippen LogP contribution in [0.4, 0.5) is 0 Å². The first kappa shape index (κ1) is 36.6. The largest absolute Gasteiger partial charge is 0.480 e. The van der Waals surface area contributed by atoms with Crippen LogP contribution in [0.1, 0.15) is 32.1 Å². The molecule has 0 heterocycles. The molecular weight excluding hydrogens is 557 g/mol. The Kier molecular flexibility index (Phi) is 18.0. The molecule has 230 valence electrons. The van der Waals surface area contributed by atoms with Crippen LogP contribution in [-0.4, -0.2) is 108 Å². The van der Waals surface area contributed by atoms with E-state index in [0.29, 0.717) is 25.8 Å². The van der Waals surface area contributed by atoms with Crippen LogP contribution in [0.3, 0.4) is 0 Å². The lowest BCUT2D eigenvalue weighted by atomic mass is 10.1. The molecule has 14 N–H and O–H groups in total. The number of amides is 4. The maximum absolute atomic E-state index is 12.7. The number of rotatable bonds is 20. The average Bonchev–Trinajstić information content (AvgIpc) is 2.89. The van der Waals surface area contributed by atoms with E-state index in [-0.39, 0.29) is 25.3 Å². The fourth-order valence-corrected chi connectivity index (χ4v) is 3.31. The molecule has 0 aliphatic carbocycles. The van der Waals surface area contributed by atoms with Crippen LogP contribution in [0, 0.1) is 0 Å². The highest BCUT2D eigenvalue weighted by Crippen LogP contribution is 2.35. The van der Waals surface area contributed by atoms with Crippen molar-refractivity contribution in [2.75, 3.05) is 39.8 Å². The highest BCUT2D eigenvalue weighted by Gasteiger charge is 2.25. The van der Waals surface area contributed by atoms with Gasteiger partial charge in [-0.1, -0.05) is 0 Å². The zero-order valence-corrected chi connectivity index (χ0v) is 23.0. The van der Waals surface area contributed by atoms with Crippen molar-refractivity contribution in [3.63, 3.8) is 0 Å². The van der Waals surface area contributed by atoms with E-state index in [1.807, 2.05) is 0 Å². The zero-order chi connectivity index (χ0) is 30.7. The molecular formula is C20H40N9O10P. The second-order valence-electron chi connectivity index (χ2n) is 8.37. The fourth-order valence-electron chi connectivity index (χ4n) is 2.95. The standard InChI is InChI=1S/C20H40N9O10P/c1-24-20(23)25-8-4-6-13(28-15(30)9-26-17(32)12(22)11-39-40(36,37)38)18(33)27-10-16(31)29-14(19(34)35)5-2-3-7-21/h12-14H,2-11,21-22H2,1H3,(H,26,32)(H,27,33)(H,28,30)(H,29,31)(H,34,35)(H3,23,24,25)(H2,36,37,38)/t12-,13-,14-/m0/s1. The predicted molar refractivity (Wildman–Crippen MR) is 141 cm³/mol. The number of hydrogen-bond acceptors (Lipinski definition) is 10. The Labute approximate surface area is 230 Å². The smallest absolute Gasteiger partial charge is 0.469 e. The molecule has 0 saturated carbocycles. The second kappa shape index (κ2) is 19.7. The summed E-state index contributed by atoms with van der Waals surface area (Å²) in [6.07, 6.45) is 1.61. The van der Waals surface area contributed by atoms with E-state index in [4.69, 9.17) is 27.0 Å². The molecule has 0 aliphatic rings. The molecule has 0 aromatic heterocycles. The van der Waals surface area contributed by atoms with Gasteiger partial charge in [0.05, 0.1) is 19.7 Å². The maximum atomic E-state index is 12.7. The third kappa shape index (κ3) is 18.0. The van der Waals surface area contributed by atoms with Crippen LogP contribution < -0.4 is 43.8 Å². The fraction of sp³-hybridized carbons (Fsp3) is 0.700. The highest BCUT2D eigenvalue weighted by molar-refractivity contribution is 7.46. The highest BCUT2D eigenvalue weighted by atomic mass is 31.2. The van der Waals surface area contributed by atoms with Gasteiger partial charge in [0.25, 0.3) is 0 Å². The predicted octanol–water partition coefficient (Wildman–Crippen LogP) is -4.85. The zero-order valence-electron chi connectivity index (χ0n) is 22.1. The number of carboxylic acid groups (broad SMARTS) is 1. The number of guanidine groups is 1. The van der Waals surface area contributed by atoms with Gasteiger partial charge in [-0.3, -0.25) is 28.7 Å². The minimum Gasteiger partial charge on any atom is -0.480 e. The number of hydrogen-bond donors (Lipinski definition) is 11. The van der Waals surface area contributed by atoms with Crippen molar-refractivity contribution in [1.29, 1.82) is 0 Å². The average molecular weight is 598 g/mol. The first-order valence-corrected chi connectivity index (χ1v) is 13.7. The number of aliphatic imine (C=N–C) groups is 1. The van der Waals surface area contributed by atoms with E-state index >= 15 is 0 Å². The molecule has 0 radical (unpaired) electrons. The molecule has 0 aromatic carbocycles. The van der Waals surface area contributed by atoms with E-state index in [9.17, 15) is 33.6 Å². The molecule has 0 rings (SSSR count). The summed E-state index contributed by atoms with van der Waals surface area (Å²) in [4.78, 5) is 81.6. The summed E-state index contributed by atoms with van der Waals surface area (Å²) < 4.78 is 14.8. The van der Waals surface area contributed by atoms with E-state index in [1.54, 1.807) is 0 Å². The molecule has 19 nitrogen and oxygen atoms in total. The summed E-state index contributed by atoms with van der Waals surface area (Å²) in [5.74, 6) is -4.35. The third-order valence-corrected chi connectivity index (χ3v) is 5.54. The van der Waals surface area contributed by atoms with Crippen molar-refractivity contribution in [2.45, 2.75) is 50.2 Å². The number of aliphatic carboxylic acids is 1. The SMILES string of the molecule is CN=C(N)NCCC[C@H](NC(=O)CNC(=O)[C@@H](N)COP(=O)(O)O)C(=O)NCC(=O)N[C@@H](CCCCN)C(=O)O. The third-order valence-electron chi connectivity index (χ3n) is 5.05. The maximum Gasteiger partial charge on any atom is 0.469 e. The Bertz CT molecular complexity index is 930. The normalized spacial score (nSPS) is 13.9. The number of phosphoric acid groups is 1. The van der Waals surface area contributed by atoms with E-state index < -0.39 is 75.2 Å². The lowest BCUT2D eigenvalue weighted by Gasteiger charge is -2.20. The summed E-state index contributed by atoms with van der Waals surface area (Å²) in [6, 6.07) is -3.81. The molecule has 20 heteroatoms. The van der Waals surface area contributed by atoms with Gasteiger partial charge in [-0.15, -0.1) is 0 Å². The van der Waals surface area contributed by atoms with E-state index in [1.165, 1.54) is 7.05 Å². The van der Waals surface area contributed by atoms with Crippen LogP contribution in [0.2, 0.25) is 0 Å². The summed E-state index contributed by atoms with van der Waals surface area (Å²) in [6.45, 7) is -1.35. The molecule has 0 bridgehead atoms. The summed E-state index contributed by atoms with van der Waals surface area (Å²) in [7, 11) is -3.38. The van der Waals surface area contributed by atoms with Gasteiger partial charge >= 0.3 is 13.8 Å². The number of nitrogens with one attached hydrogen (secondary N) is 5. The second-order valence-corrected chi connectivity index (χ2v) is 9.61. The number of carbonyl (C=O) groups is 5. The molecule has 3 atom stereocenters. The summed E-state index contributed by atoms with van der Waals surface area (Å²) in [5.41, 5.74) is 16.4. The van der Waals surface area contributed by atoms with E-state index in [2.05, 4.69) is 36.1 Å². The van der Waals surface area contributed by atoms with Crippen molar-refractivity contribution in [3.05, 3.63) is 0 Å². The molecule has 0 fully saturated rings. The number of carbonyl (C=O) groups excluding carboxylic acids is 4. The number of unbranched alkanes of at least 4 members (excludes halogenated alkanes) is 1. The Hall–Kier alpha value is -3.35. The first-order chi connectivity index (χ1) is 18.7. The molecule has 0 aliphatic heterocycles. The van der Waals surface area contributed by atoms with Gasteiger partial charge in [-0.25, -0.2) is 9.36 Å². The molecule has 4 amide bonds. The van der Waals surface area contributed by atoms with Crippen molar-refractivity contribution in [3.8, 4) is 0 Å². The summed E-state index contributed by atoms with van der Waals surface area (Å²) in [5, 5.41) is 21.2. The quantitative estimate of drug-likeness (QED) is 0.0271. The molecule has 0 spiro atoms. The van der Waals surface area contributed by atoms with Crippen LogP contribution in [0.25, 0.3) is 0 Å². The number of carboxylic acids is 1. The topological polar surface area (TPSA) is 323 Å². The van der Waals surface area contributed by atoms with Crippen LogP contribution in [0.15, 0.2) is 4.99 Å². The van der Waals surface area contributed by atoms with Gasteiger partial charge in [-0.2, -0.15) is 0 Å². The van der Waals surface area contributed by atoms with Gasteiger partial charge in [0.2, 0.25) is 23.6 Å². The minimum absolute atomic E-state index is 0.0730. The van der Waals surface area contributed by atoms with Crippen LogP contribution in [-0.2, 0) is 33.1 Å². The minimum atomic E-state index is -4.85. The van der Waals surface area contributed by atoms with E-state index in [0.717, 1.165) is 0 Å². The first-order valence-electron chi connectivity index (χ1n) is 12.2. The summed E-state index contributed by atoms with van der Waals surface area (Å²) >= 11 is 0.